The fourth-order valence-electron chi connectivity index (χ4n) is 0. The van der Waals surface area contributed by atoms with Gasteiger partial charge in [-0.05, 0) is 12.8 Å². The van der Waals surface area contributed by atoms with Crippen LogP contribution in [0.25, 0.3) is 0 Å². The first-order valence-corrected chi connectivity index (χ1v) is 2.32. The normalized spacial score (nSPS) is 13.3. The Kier molecular flexibility index (Phi) is 7.91. The van der Waals surface area contributed by atoms with Crippen LogP contribution >= 0.6 is 0 Å². The first-order chi connectivity index (χ1) is 2.64. The predicted octanol–water partition coefficient (Wildman–Crippen LogP) is 0.375. The summed E-state index contributed by atoms with van der Waals surface area (Å²) in [5, 5.41) is 8.63. The van der Waals surface area contributed by atoms with Gasteiger partial charge in [-0.15, -0.1) is 0 Å². The Morgan fingerprint density at radius 3 is 1.29 bits per heavy atom. The fourth-order valence-corrected chi connectivity index (χ4v) is 0. The van der Waals surface area contributed by atoms with E-state index in [9.17, 15) is 0 Å². The van der Waals surface area contributed by atoms with Crippen molar-refractivity contribution in [3.05, 3.63) is 0 Å². The van der Waals surface area contributed by atoms with Crippen LogP contribution in [0.3, 0.4) is 0 Å². The molecule has 0 saturated heterocycles. The van der Waals surface area contributed by atoms with Gasteiger partial charge in [0, 0.05) is 0 Å². The first-order valence-electron chi connectivity index (χ1n) is 2.32. The Morgan fingerprint density at radius 2 is 1.29 bits per heavy atom. The SMILES string of the molecule is CC(C)C(C)O.[NaH]. The molecule has 0 bridgehead atoms. The number of aliphatic hydroxyl groups excluding tert-OH is 1. The maximum atomic E-state index is 8.63. The number of rotatable bonds is 1. The van der Waals surface area contributed by atoms with Crippen molar-refractivity contribution in [2.45, 2.75) is 26.9 Å². The molecule has 0 aliphatic rings. The van der Waals surface area contributed by atoms with Gasteiger partial charge >= 0.3 is 29.6 Å². The van der Waals surface area contributed by atoms with Gasteiger partial charge in [0.25, 0.3) is 0 Å². The molecule has 0 saturated carbocycles. The van der Waals surface area contributed by atoms with Gasteiger partial charge in [-0.2, -0.15) is 0 Å². The third kappa shape index (κ3) is 6.96. The van der Waals surface area contributed by atoms with Crippen molar-refractivity contribution in [1.29, 1.82) is 0 Å². The van der Waals surface area contributed by atoms with Crippen LogP contribution in [0.2, 0.25) is 0 Å². The summed E-state index contributed by atoms with van der Waals surface area (Å²) in [5.74, 6) is 0.407. The Bertz CT molecular complexity index is 29.1. The Labute approximate surface area is 67.4 Å². The van der Waals surface area contributed by atoms with Crippen molar-refractivity contribution in [3.8, 4) is 0 Å². The third-order valence-corrected chi connectivity index (χ3v) is 0.965. The summed E-state index contributed by atoms with van der Waals surface area (Å²) < 4.78 is 0. The van der Waals surface area contributed by atoms with E-state index in [0.717, 1.165) is 0 Å². The van der Waals surface area contributed by atoms with Crippen LogP contribution < -0.4 is 0 Å². The molecule has 0 aromatic heterocycles. The fraction of sp³-hybridized carbons (Fsp3) is 1.00. The molecular formula is C5H13NaO. The summed E-state index contributed by atoms with van der Waals surface area (Å²) in [4.78, 5) is 0. The van der Waals surface area contributed by atoms with Crippen molar-refractivity contribution in [1.82, 2.24) is 0 Å². The minimum absolute atomic E-state index is 0. The molecule has 0 amide bonds. The van der Waals surface area contributed by atoms with Gasteiger partial charge < -0.3 is 5.11 Å². The van der Waals surface area contributed by atoms with Crippen molar-refractivity contribution in [3.63, 3.8) is 0 Å². The second-order valence-corrected chi connectivity index (χ2v) is 1.98. The molecule has 1 nitrogen and oxygen atoms in total. The van der Waals surface area contributed by atoms with Crippen LogP contribution in [0, 0.1) is 5.92 Å². The van der Waals surface area contributed by atoms with Crippen LogP contribution in [0.15, 0.2) is 0 Å². The second-order valence-electron chi connectivity index (χ2n) is 1.98. The molecule has 1 N–H and O–H groups in total. The van der Waals surface area contributed by atoms with Gasteiger partial charge in [0.15, 0.2) is 0 Å². The molecule has 0 aromatic rings. The summed E-state index contributed by atoms with van der Waals surface area (Å²) in [7, 11) is 0. The molecule has 1 atom stereocenters. The Hall–Kier alpha value is 0.960. The van der Waals surface area contributed by atoms with Gasteiger partial charge in [0.2, 0.25) is 0 Å². The zero-order valence-corrected chi connectivity index (χ0v) is 4.60. The number of hydrogen-bond acceptors (Lipinski definition) is 1. The molecule has 0 spiro atoms. The van der Waals surface area contributed by atoms with E-state index in [0.29, 0.717) is 5.92 Å². The molecule has 0 heterocycles. The molecule has 0 aromatic carbocycles. The van der Waals surface area contributed by atoms with E-state index < -0.39 is 0 Å². The summed E-state index contributed by atoms with van der Waals surface area (Å²) in [6.45, 7) is 5.78. The van der Waals surface area contributed by atoms with E-state index in [1.807, 2.05) is 13.8 Å². The van der Waals surface area contributed by atoms with E-state index in [1.165, 1.54) is 0 Å². The van der Waals surface area contributed by atoms with Gasteiger partial charge in [-0.1, -0.05) is 13.8 Å². The quantitative estimate of drug-likeness (QED) is 0.486. The van der Waals surface area contributed by atoms with E-state index in [1.54, 1.807) is 6.92 Å². The second kappa shape index (κ2) is 5.10. The van der Waals surface area contributed by atoms with Gasteiger partial charge in [-0.3, -0.25) is 0 Å². The van der Waals surface area contributed by atoms with Crippen LogP contribution in [0.4, 0.5) is 0 Å². The average molecular weight is 112 g/mol. The monoisotopic (exact) mass is 112 g/mol. The summed E-state index contributed by atoms with van der Waals surface area (Å²) >= 11 is 0. The number of hydrogen-bond donors (Lipinski definition) is 1. The molecule has 0 aliphatic heterocycles. The van der Waals surface area contributed by atoms with Gasteiger partial charge in [-0.25, -0.2) is 0 Å². The summed E-state index contributed by atoms with van der Waals surface area (Å²) in [6.07, 6.45) is -0.148. The topological polar surface area (TPSA) is 20.2 Å². The van der Waals surface area contributed by atoms with E-state index in [2.05, 4.69) is 0 Å². The Balaban J connectivity index is 0. The van der Waals surface area contributed by atoms with E-state index >= 15 is 0 Å². The van der Waals surface area contributed by atoms with Crippen LogP contribution in [-0.2, 0) is 0 Å². The first kappa shape index (κ1) is 10.9. The molecule has 0 radical (unpaired) electrons. The standard InChI is InChI=1S/C5H12O.Na.H/c1-4(2)5(3)6;;/h4-6H,1-3H3;;. The molecule has 2 heteroatoms. The third-order valence-electron chi connectivity index (χ3n) is 0.965. The zero-order chi connectivity index (χ0) is 5.15. The molecule has 40 valence electrons. The van der Waals surface area contributed by atoms with E-state index in [-0.39, 0.29) is 35.7 Å². The predicted molar refractivity (Wildman–Crippen MR) is 33.7 cm³/mol. The number of aliphatic hydroxyl groups is 1. The van der Waals surface area contributed by atoms with Crippen LogP contribution in [0.1, 0.15) is 20.8 Å². The molecule has 0 fully saturated rings. The Morgan fingerprint density at radius 1 is 1.14 bits per heavy atom. The molecule has 7 heavy (non-hydrogen) atoms. The van der Waals surface area contributed by atoms with Crippen molar-refractivity contribution >= 4 is 29.6 Å². The molecule has 0 rings (SSSR count). The van der Waals surface area contributed by atoms with Crippen LogP contribution in [0.5, 0.6) is 0 Å². The molecule has 0 aliphatic carbocycles. The minimum atomic E-state index is -0.148. The summed E-state index contributed by atoms with van der Waals surface area (Å²) in [6, 6.07) is 0. The van der Waals surface area contributed by atoms with Crippen molar-refractivity contribution in [2.75, 3.05) is 0 Å². The van der Waals surface area contributed by atoms with Gasteiger partial charge in [0.1, 0.15) is 0 Å². The molecule has 1 unspecified atom stereocenters. The van der Waals surface area contributed by atoms with Crippen molar-refractivity contribution in [2.24, 2.45) is 5.92 Å². The molecular weight excluding hydrogens is 99.0 g/mol. The van der Waals surface area contributed by atoms with Crippen LogP contribution in [-0.4, -0.2) is 40.8 Å². The van der Waals surface area contributed by atoms with Crippen molar-refractivity contribution < 1.29 is 5.11 Å². The summed E-state index contributed by atoms with van der Waals surface area (Å²) in [5.41, 5.74) is 0. The maximum absolute atomic E-state index is 8.63. The van der Waals surface area contributed by atoms with Gasteiger partial charge in [0.05, 0.1) is 6.10 Å². The zero-order valence-electron chi connectivity index (χ0n) is 4.60. The average Bonchev–Trinajstić information content (AvgIpc) is 1.36. The van der Waals surface area contributed by atoms with E-state index in [4.69, 9.17) is 5.11 Å².